The molecule has 8 heteroatoms. The molecule has 5 nitrogen and oxygen atoms in total. The molecule has 0 radical (unpaired) electrons. The molecule has 0 unspecified atom stereocenters. The fraction of sp³-hybridized carbons (Fsp3) is 0.600. The van der Waals surface area contributed by atoms with Crippen molar-refractivity contribution in [3.8, 4) is 0 Å². The Kier molecular flexibility index (Phi) is 5.53. The van der Waals surface area contributed by atoms with Gasteiger partial charge in [-0.2, -0.15) is 4.99 Å². The fourth-order valence-electron chi connectivity index (χ4n) is 4.39. The third-order valence-corrected chi connectivity index (χ3v) is 9.17. The van der Waals surface area contributed by atoms with Gasteiger partial charge in [0.25, 0.3) is 0 Å². The van der Waals surface area contributed by atoms with Crippen LogP contribution in [0.15, 0.2) is 23.2 Å². The largest absolute Gasteiger partial charge is 0.315 e. The van der Waals surface area contributed by atoms with E-state index in [1.807, 2.05) is 0 Å². The monoisotopic (exact) mass is 424 g/mol. The molecule has 1 saturated carbocycles. The summed E-state index contributed by atoms with van der Waals surface area (Å²) in [6.45, 7) is 1.68. The Morgan fingerprint density at radius 3 is 2.75 bits per heavy atom. The number of anilines is 1. The van der Waals surface area contributed by atoms with Gasteiger partial charge in [-0.25, -0.2) is 12.8 Å². The SMILES string of the molecule is Cc1ccc(N2C(=NC(=O)CCC3CCCC3)S[C@H]3CS(=O)(=O)C[C@H]32)cc1F. The minimum atomic E-state index is -3.13. The summed E-state index contributed by atoms with van der Waals surface area (Å²) >= 11 is 1.34. The number of amidine groups is 1. The maximum Gasteiger partial charge on any atom is 0.248 e. The summed E-state index contributed by atoms with van der Waals surface area (Å²) in [7, 11) is -3.13. The molecule has 2 saturated heterocycles. The molecule has 3 aliphatic rings. The van der Waals surface area contributed by atoms with Crippen LogP contribution in [-0.4, -0.2) is 42.3 Å². The molecule has 4 rings (SSSR count). The van der Waals surface area contributed by atoms with Crippen molar-refractivity contribution in [2.24, 2.45) is 10.9 Å². The number of sulfone groups is 1. The van der Waals surface area contributed by atoms with Gasteiger partial charge in [0.05, 0.1) is 17.5 Å². The predicted molar refractivity (Wildman–Crippen MR) is 111 cm³/mol. The van der Waals surface area contributed by atoms with E-state index in [2.05, 4.69) is 4.99 Å². The third-order valence-electron chi connectivity index (χ3n) is 5.96. The summed E-state index contributed by atoms with van der Waals surface area (Å²) in [5.74, 6) is 0.179. The Morgan fingerprint density at radius 2 is 2.04 bits per heavy atom. The number of fused-ring (bicyclic) bond motifs is 1. The second-order valence-electron chi connectivity index (χ2n) is 8.08. The molecular weight excluding hydrogens is 399 g/mol. The van der Waals surface area contributed by atoms with E-state index in [-0.39, 0.29) is 34.5 Å². The number of carbonyl (C=O) groups excluding carboxylic acids is 1. The van der Waals surface area contributed by atoms with Crippen LogP contribution in [0, 0.1) is 18.7 Å². The van der Waals surface area contributed by atoms with Crippen molar-refractivity contribution in [2.45, 2.75) is 56.7 Å². The molecule has 0 bridgehead atoms. The molecule has 1 aromatic carbocycles. The predicted octanol–water partition coefficient (Wildman–Crippen LogP) is 3.71. The van der Waals surface area contributed by atoms with Gasteiger partial charge in [0.2, 0.25) is 5.91 Å². The number of thioether (sulfide) groups is 1. The first-order valence-corrected chi connectivity index (χ1v) is 12.6. The normalized spacial score (nSPS) is 28.2. The lowest BCUT2D eigenvalue weighted by Crippen LogP contribution is -2.37. The molecular formula is C20H25FN2O3S2. The van der Waals surface area contributed by atoms with E-state index >= 15 is 0 Å². The van der Waals surface area contributed by atoms with Gasteiger partial charge in [-0.05, 0) is 37.0 Å². The van der Waals surface area contributed by atoms with Crippen LogP contribution in [0.25, 0.3) is 0 Å². The van der Waals surface area contributed by atoms with Crippen molar-refractivity contribution in [2.75, 3.05) is 16.4 Å². The zero-order valence-electron chi connectivity index (χ0n) is 15.9. The van der Waals surface area contributed by atoms with Crippen molar-refractivity contribution in [3.63, 3.8) is 0 Å². The third kappa shape index (κ3) is 4.13. The molecule has 0 spiro atoms. The Labute approximate surface area is 169 Å². The van der Waals surface area contributed by atoms with E-state index in [9.17, 15) is 17.6 Å². The Balaban J connectivity index is 1.57. The first-order valence-electron chi connectivity index (χ1n) is 9.86. The lowest BCUT2D eigenvalue weighted by Gasteiger charge is -2.24. The van der Waals surface area contributed by atoms with Crippen molar-refractivity contribution in [3.05, 3.63) is 29.6 Å². The smallest absolute Gasteiger partial charge is 0.248 e. The van der Waals surface area contributed by atoms with Crippen molar-refractivity contribution >= 4 is 38.4 Å². The molecule has 1 amide bonds. The Bertz CT molecular complexity index is 910. The van der Waals surface area contributed by atoms with Gasteiger partial charge in [-0.1, -0.05) is 43.5 Å². The van der Waals surface area contributed by atoms with Crippen LogP contribution in [0.3, 0.4) is 0 Å². The summed E-state index contributed by atoms with van der Waals surface area (Å²) in [6.07, 6.45) is 6.14. The Morgan fingerprint density at radius 1 is 1.29 bits per heavy atom. The number of rotatable bonds is 4. The van der Waals surface area contributed by atoms with Gasteiger partial charge < -0.3 is 4.90 Å². The van der Waals surface area contributed by atoms with Crippen LogP contribution in [0.4, 0.5) is 10.1 Å². The number of aryl methyl sites for hydroxylation is 1. The minimum absolute atomic E-state index is 0.00937. The molecule has 152 valence electrons. The number of hydrogen-bond acceptors (Lipinski definition) is 4. The quantitative estimate of drug-likeness (QED) is 0.737. The van der Waals surface area contributed by atoms with Crippen LogP contribution >= 0.6 is 11.8 Å². The van der Waals surface area contributed by atoms with E-state index in [4.69, 9.17) is 0 Å². The second kappa shape index (κ2) is 7.78. The van der Waals surface area contributed by atoms with E-state index in [0.29, 0.717) is 28.8 Å². The van der Waals surface area contributed by atoms with Crippen LogP contribution in [0.2, 0.25) is 0 Å². The fourth-order valence-corrected chi connectivity index (χ4v) is 8.32. The van der Waals surface area contributed by atoms with E-state index in [1.54, 1.807) is 24.0 Å². The van der Waals surface area contributed by atoms with E-state index in [1.165, 1.54) is 43.5 Å². The highest BCUT2D eigenvalue weighted by Crippen LogP contribution is 2.41. The van der Waals surface area contributed by atoms with Gasteiger partial charge in [0.15, 0.2) is 15.0 Å². The zero-order valence-corrected chi connectivity index (χ0v) is 17.6. The van der Waals surface area contributed by atoms with Gasteiger partial charge in [-0.15, -0.1) is 0 Å². The van der Waals surface area contributed by atoms with Crippen molar-refractivity contribution < 1.29 is 17.6 Å². The molecule has 0 aromatic heterocycles. The average molecular weight is 425 g/mol. The topological polar surface area (TPSA) is 66.8 Å². The highest BCUT2D eigenvalue weighted by atomic mass is 32.2. The van der Waals surface area contributed by atoms with E-state index in [0.717, 1.165) is 6.42 Å². The molecule has 3 fully saturated rings. The maximum absolute atomic E-state index is 14.2. The van der Waals surface area contributed by atoms with Crippen LogP contribution in [-0.2, 0) is 14.6 Å². The van der Waals surface area contributed by atoms with Crippen molar-refractivity contribution in [1.82, 2.24) is 0 Å². The first kappa shape index (κ1) is 19.9. The van der Waals surface area contributed by atoms with Gasteiger partial charge in [0, 0.05) is 17.4 Å². The number of amides is 1. The van der Waals surface area contributed by atoms with Crippen LogP contribution < -0.4 is 4.90 Å². The molecule has 28 heavy (non-hydrogen) atoms. The van der Waals surface area contributed by atoms with Crippen molar-refractivity contribution in [1.29, 1.82) is 0 Å². The van der Waals surface area contributed by atoms with Gasteiger partial charge in [-0.3, -0.25) is 4.79 Å². The number of carbonyl (C=O) groups is 1. The summed E-state index contributed by atoms with van der Waals surface area (Å²) in [4.78, 5) is 18.6. The highest BCUT2D eigenvalue weighted by molar-refractivity contribution is 8.16. The number of benzene rings is 1. The molecule has 2 atom stereocenters. The highest BCUT2D eigenvalue weighted by Gasteiger charge is 2.49. The Hall–Kier alpha value is -1.41. The number of aliphatic imine (C=N–C) groups is 1. The molecule has 1 aliphatic carbocycles. The maximum atomic E-state index is 14.2. The zero-order chi connectivity index (χ0) is 19.9. The van der Waals surface area contributed by atoms with Gasteiger partial charge >= 0.3 is 0 Å². The first-order chi connectivity index (χ1) is 13.3. The summed E-state index contributed by atoms with van der Waals surface area (Å²) < 4.78 is 38.4. The second-order valence-corrected chi connectivity index (χ2v) is 11.4. The molecule has 2 aliphatic heterocycles. The summed E-state index contributed by atoms with van der Waals surface area (Å²) in [6, 6.07) is 4.54. The average Bonchev–Trinajstić information content (AvgIpc) is 3.30. The standard InChI is InChI=1S/C20H25FN2O3S2/c1-13-6-8-15(10-16(13)21)23-17-11-28(25,26)12-18(17)27-20(23)22-19(24)9-7-14-4-2-3-5-14/h6,8,10,14,17-18H,2-5,7,9,11-12H2,1H3/t17-,18+/m1/s1. The minimum Gasteiger partial charge on any atom is -0.315 e. The van der Waals surface area contributed by atoms with Gasteiger partial charge in [0.1, 0.15) is 5.82 Å². The molecule has 0 N–H and O–H groups in total. The number of halogens is 1. The van der Waals surface area contributed by atoms with E-state index < -0.39 is 9.84 Å². The number of nitrogens with zero attached hydrogens (tertiary/aromatic N) is 2. The summed E-state index contributed by atoms with van der Waals surface area (Å²) in [5, 5.41) is 0.334. The molecule has 1 aromatic rings. The lowest BCUT2D eigenvalue weighted by atomic mass is 10.0. The lowest BCUT2D eigenvalue weighted by molar-refractivity contribution is -0.118. The molecule has 2 heterocycles. The number of hydrogen-bond donors (Lipinski definition) is 0. The van der Waals surface area contributed by atoms with Crippen LogP contribution in [0.5, 0.6) is 0 Å². The van der Waals surface area contributed by atoms with Crippen LogP contribution in [0.1, 0.15) is 44.1 Å². The summed E-state index contributed by atoms with van der Waals surface area (Å²) in [5.41, 5.74) is 1.08.